The van der Waals surface area contributed by atoms with E-state index in [1.807, 2.05) is 26.8 Å². The van der Waals surface area contributed by atoms with Gasteiger partial charge in [-0.25, -0.2) is 13.2 Å². The number of carbonyl (C=O) groups is 2. The highest BCUT2D eigenvalue weighted by atomic mass is 32.2. The molecule has 3 rings (SSSR count). The van der Waals surface area contributed by atoms with E-state index in [4.69, 9.17) is 4.74 Å². The normalized spacial score (nSPS) is 14.2. The zero-order valence-corrected chi connectivity index (χ0v) is 20.4. The molecular formula is C24H31N3O5S. The summed E-state index contributed by atoms with van der Waals surface area (Å²) in [6.07, 6.45) is -0.400. The van der Waals surface area contributed by atoms with Gasteiger partial charge < -0.3 is 14.5 Å². The van der Waals surface area contributed by atoms with Crippen molar-refractivity contribution in [3.05, 3.63) is 59.2 Å². The van der Waals surface area contributed by atoms with Crippen LogP contribution in [0.4, 0.5) is 10.5 Å². The van der Waals surface area contributed by atoms with Crippen LogP contribution in [0.15, 0.2) is 47.4 Å². The molecule has 0 saturated carbocycles. The highest BCUT2D eigenvalue weighted by molar-refractivity contribution is 7.92. The van der Waals surface area contributed by atoms with Crippen molar-refractivity contribution in [3.8, 4) is 0 Å². The van der Waals surface area contributed by atoms with Crippen molar-refractivity contribution in [2.24, 2.45) is 0 Å². The number of piperazine rings is 1. The highest BCUT2D eigenvalue weighted by Gasteiger charge is 2.31. The first-order chi connectivity index (χ1) is 15.6. The minimum absolute atomic E-state index is 0.132. The van der Waals surface area contributed by atoms with Gasteiger partial charge in [0.05, 0.1) is 17.2 Å². The maximum Gasteiger partial charge on any atom is 0.409 e. The Balaban J connectivity index is 1.85. The van der Waals surface area contributed by atoms with E-state index in [2.05, 4.69) is 0 Å². The average Bonchev–Trinajstić information content (AvgIpc) is 2.77. The Kier molecular flexibility index (Phi) is 7.63. The molecule has 0 aromatic heterocycles. The minimum Gasteiger partial charge on any atom is -0.450 e. The minimum atomic E-state index is -3.97. The van der Waals surface area contributed by atoms with Crippen molar-refractivity contribution in [2.45, 2.75) is 32.6 Å². The molecule has 0 aliphatic carbocycles. The Bertz CT molecular complexity index is 1090. The van der Waals surface area contributed by atoms with Gasteiger partial charge in [0.2, 0.25) is 5.91 Å². The quantitative estimate of drug-likeness (QED) is 0.643. The highest BCUT2D eigenvalue weighted by Crippen LogP contribution is 2.26. The summed E-state index contributed by atoms with van der Waals surface area (Å²) in [5, 5.41) is 0. The maximum atomic E-state index is 13.6. The topological polar surface area (TPSA) is 87.2 Å². The Hall–Kier alpha value is -3.07. The van der Waals surface area contributed by atoms with Crippen LogP contribution in [0.1, 0.15) is 23.6 Å². The molecule has 1 aliphatic heterocycles. The van der Waals surface area contributed by atoms with E-state index >= 15 is 0 Å². The largest absolute Gasteiger partial charge is 0.450 e. The van der Waals surface area contributed by atoms with Crippen LogP contribution in [0, 0.1) is 20.8 Å². The molecule has 33 heavy (non-hydrogen) atoms. The Labute approximate surface area is 195 Å². The number of rotatable bonds is 6. The molecule has 1 saturated heterocycles. The molecule has 0 bridgehead atoms. The number of hydrogen-bond acceptors (Lipinski definition) is 5. The van der Waals surface area contributed by atoms with Crippen LogP contribution < -0.4 is 4.31 Å². The fourth-order valence-corrected chi connectivity index (χ4v) is 5.22. The van der Waals surface area contributed by atoms with Gasteiger partial charge in [0.1, 0.15) is 6.54 Å². The lowest BCUT2D eigenvalue weighted by Crippen LogP contribution is -2.53. The van der Waals surface area contributed by atoms with Crippen molar-refractivity contribution in [2.75, 3.05) is 43.6 Å². The molecule has 2 amide bonds. The van der Waals surface area contributed by atoms with Crippen molar-refractivity contribution >= 4 is 27.7 Å². The van der Waals surface area contributed by atoms with Crippen LogP contribution in [0.2, 0.25) is 0 Å². The number of hydrogen-bond donors (Lipinski definition) is 0. The molecule has 0 spiro atoms. The standard InChI is InChI=1S/C24H31N3O5S/c1-5-32-24(29)26-12-10-25(11-13-26)23(28)17-27(21-15-19(3)14-20(4)16-21)33(30,31)22-8-6-18(2)7-9-22/h6-9,14-16H,5,10-13,17H2,1-4H3. The van der Waals surface area contributed by atoms with E-state index in [-0.39, 0.29) is 17.3 Å². The first-order valence-electron chi connectivity index (χ1n) is 11.0. The van der Waals surface area contributed by atoms with Crippen LogP contribution in [0.5, 0.6) is 0 Å². The van der Waals surface area contributed by atoms with Gasteiger partial charge in [-0.1, -0.05) is 23.8 Å². The number of ether oxygens (including phenoxy) is 1. The molecule has 1 heterocycles. The van der Waals surface area contributed by atoms with E-state index in [0.717, 1.165) is 16.7 Å². The lowest BCUT2D eigenvalue weighted by Gasteiger charge is -2.35. The van der Waals surface area contributed by atoms with Gasteiger partial charge in [-0.2, -0.15) is 0 Å². The van der Waals surface area contributed by atoms with E-state index in [0.29, 0.717) is 38.5 Å². The number of benzene rings is 2. The second-order valence-corrected chi connectivity index (χ2v) is 10.1. The summed E-state index contributed by atoms with van der Waals surface area (Å²) in [5.74, 6) is -0.312. The molecule has 9 heteroatoms. The molecule has 0 unspecified atom stereocenters. The maximum absolute atomic E-state index is 13.6. The fraction of sp³-hybridized carbons (Fsp3) is 0.417. The molecule has 0 atom stereocenters. The summed E-state index contributed by atoms with van der Waals surface area (Å²) in [7, 11) is -3.97. The molecular weight excluding hydrogens is 442 g/mol. The first-order valence-corrected chi connectivity index (χ1v) is 12.4. The number of amides is 2. The van der Waals surface area contributed by atoms with Gasteiger partial charge in [-0.3, -0.25) is 9.10 Å². The summed E-state index contributed by atoms with van der Waals surface area (Å²) in [6, 6.07) is 12.1. The molecule has 8 nitrogen and oxygen atoms in total. The predicted molar refractivity (Wildman–Crippen MR) is 127 cm³/mol. The zero-order chi connectivity index (χ0) is 24.2. The monoisotopic (exact) mass is 473 g/mol. The summed E-state index contributed by atoms with van der Waals surface area (Å²) >= 11 is 0. The van der Waals surface area contributed by atoms with Crippen molar-refractivity contribution in [1.29, 1.82) is 0 Å². The van der Waals surface area contributed by atoms with Gasteiger partial charge in [-0.15, -0.1) is 0 Å². The lowest BCUT2D eigenvalue weighted by molar-refractivity contribution is -0.131. The Morgan fingerprint density at radius 3 is 1.97 bits per heavy atom. The van der Waals surface area contributed by atoms with Crippen molar-refractivity contribution in [1.82, 2.24) is 9.80 Å². The van der Waals surface area contributed by atoms with Crippen molar-refractivity contribution < 1.29 is 22.7 Å². The predicted octanol–water partition coefficient (Wildman–Crippen LogP) is 3.11. The van der Waals surface area contributed by atoms with Gasteiger partial charge in [-0.05, 0) is 63.1 Å². The van der Waals surface area contributed by atoms with Gasteiger partial charge in [0.25, 0.3) is 10.0 Å². The van der Waals surface area contributed by atoms with Gasteiger partial charge in [0.15, 0.2) is 0 Å². The first kappa shape index (κ1) is 24.6. The molecule has 0 radical (unpaired) electrons. The summed E-state index contributed by atoms with van der Waals surface area (Å²) in [4.78, 5) is 28.4. The molecule has 2 aromatic carbocycles. The second kappa shape index (κ2) is 10.2. The number of nitrogens with zero attached hydrogens (tertiary/aromatic N) is 3. The summed E-state index contributed by atoms with van der Waals surface area (Å²) < 4.78 is 33.4. The van der Waals surface area contributed by atoms with Crippen LogP contribution in [0.25, 0.3) is 0 Å². The number of anilines is 1. The molecule has 1 fully saturated rings. The number of aryl methyl sites for hydroxylation is 3. The third-order valence-electron chi connectivity index (χ3n) is 5.54. The number of carbonyl (C=O) groups excluding carboxylic acids is 2. The molecule has 2 aromatic rings. The lowest BCUT2D eigenvalue weighted by atomic mass is 10.1. The molecule has 178 valence electrons. The van der Waals surface area contributed by atoms with Crippen LogP contribution >= 0.6 is 0 Å². The summed E-state index contributed by atoms with van der Waals surface area (Å²) in [6.45, 7) is 8.72. The van der Waals surface area contributed by atoms with E-state index < -0.39 is 16.1 Å². The van der Waals surface area contributed by atoms with Crippen LogP contribution in [-0.2, 0) is 19.6 Å². The Morgan fingerprint density at radius 2 is 1.42 bits per heavy atom. The number of sulfonamides is 1. The van der Waals surface area contributed by atoms with E-state index in [9.17, 15) is 18.0 Å². The van der Waals surface area contributed by atoms with E-state index in [1.54, 1.807) is 53.1 Å². The third kappa shape index (κ3) is 5.84. The second-order valence-electron chi connectivity index (χ2n) is 8.24. The van der Waals surface area contributed by atoms with E-state index in [1.165, 1.54) is 4.31 Å². The zero-order valence-electron chi connectivity index (χ0n) is 19.6. The van der Waals surface area contributed by atoms with Crippen LogP contribution in [-0.4, -0.2) is 69.5 Å². The fourth-order valence-electron chi connectivity index (χ4n) is 3.82. The SMILES string of the molecule is CCOC(=O)N1CCN(C(=O)CN(c2cc(C)cc(C)c2)S(=O)(=O)c2ccc(C)cc2)CC1. The smallest absolute Gasteiger partial charge is 0.409 e. The van der Waals surface area contributed by atoms with Gasteiger partial charge in [0, 0.05) is 26.2 Å². The average molecular weight is 474 g/mol. The van der Waals surface area contributed by atoms with Crippen molar-refractivity contribution in [3.63, 3.8) is 0 Å². The van der Waals surface area contributed by atoms with Gasteiger partial charge >= 0.3 is 6.09 Å². The molecule has 0 N–H and O–H groups in total. The summed E-state index contributed by atoms with van der Waals surface area (Å²) in [5.41, 5.74) is 3.21. The Morgan fingerprint density at radius 1 is 0.879 bits per heavy atom. The third-order valence-corrected chi connectivity index (χ3v) is 7.33. The molecule has 1 aliphatic rings. The van der Waals surface area contributed by atoms with Crippen LogP contribution in [0.3, 0.4) is 0 Å².